The van der Waals surface area contributed by atoms with Crippen molar-refractivity contribution in [3.05, 3.63) is 110 Å². The van der Waals surface area contributed by atoms with Crippen molar-refractivity contribution in [2.45, 2.75) is 20.0 Å². The molecule has 0 radical (unpaired) electrons. The number of hydrogen-bond acceptors (Lipinski definition) is 6. The van der Waals surface area contributed by atoms with Gasteiger partial charge in [-0.25, -0.2) is 9.59 Å². The van der Waals surface area contributed by atoms with Crippen molar-refractivity contribution in [3.8, 4) is 16.9 Å². The molecule has 1 aliphatic rings. The third-order valence-corrected chi connectivity index (χ3v) is 6.22. The number of para-hydroxylation sites is 1. The predicted octanol–water partition coefficient (Wildman–Crippen LogP) is 5.23. The molecule has 3 aromatic carbocycles. The van der Waals surface area contributed by atoms with Crippen molar-refractivity contribution in [1.29, 1.82) is 0 Å². The fourth-order valence-electron chi connectivity index (χ4n) is 4.50. The molecule has 168 valence electrons. The monoisotopic (exact) mass is 451 g/mol. The second-order valence-corrected chi connectivity index (χ2v) is 8.63. The van der Waals surface area contributed by atoms with Crippen LogP contribution in [0.2, 0.25) is 0 Å². The zero-order chi connectivity index (χ0) is 23.2. The summed E-state index contributed by atoms with van der Waals surface area (Å²) in [5.74, 6) is 0.679. The zero-order valence-electron chi connectivity index (χ0n) is 18.5. The van der Waals surface area contributed by atoms with Crippen LogP contribution in [0, 0.1) is 6.92 Å². The highest BCUT2D eigenvalue weighted by Gasteiger charge is 2.24. The van der Waals surface area contributed by atoms with Gasteiger partial charge in [0.15, 0.2) is 0 Å². The van der Waals surface area contributed by atoms with Gasteiger partial charge in [-0.15, -0.1) is 0 Å². The van der Waals surface area contributed by atoms with E-state index in [4.69, 9.17) is 13.6 Å². The van der Waals surface area contributed by atoms with Gasteiger partial charge in [-0.05, 0) is 36.8 Å². The molecular weight excluding hydrogens is 430 g/mol. The average molecular weight is 451 g/mol. The Morgan fingerprint density at radius 1 is 0.882 bits per heavy atom. The van der Waals surface area contributed by atoms with E-state index in [1.54, 1.807) is 12.1 Å². The maximum Gasteiger partial charge on any atom is 0.344 e. The SMILES string of the molecule is Cc1ccc(CN2COc3ccc4c(-c5cc6ccccc6oc5=O)cc(=O)oc4c3C2)cc1. The van der Waals surface area contributed by atoms with Crippen molar-refractivity contribution in [1.82, 2.24) is 4.90 Å². The summed E-state index contributed by atoms with van der Waals surface area (Å²) in [7, 11) is 0. The van der Waals surface area contributed by atoms with Crippen molar-refractivity contribution in [2.24, 2.45) is 0 Å². The standard InChI is InChI=1S/C28H21NO5/c1-17-6-8-18(9-7-17)14-29-15-23-25(32-16-29)11-10-20-21(13-26(30)34-27(20)23)22-12-19-4-2-3-5-24(19)33-28(22)31/h2-13H,14-16H2,1H3. The van der Waals surface area contributed by atoms with Crippen LogP contribution in [-0.4, -0.2) is 11.6 Å². The average Bonchev–Trinajstić information content (AvgIpc) is 2.84. The third kappa shape index (κ3) is 3.58. The highest BCUT2D eigenvalue weighted by atomic mass is 16.5. The summed E-state index contributed by atoms with van der Waals surface area (Å²) in [5, 5.41) is 1.45. The van der Waals surface area contributed by atoms with Crippen LogP contribution in [0.25, 0.3) is 33.1 Å². The molecule has 0 aliphatic carbocycles. The summed E-state index contributed by atoms with van der Waals surface area (Å²) in [6.45, 7) is 3.75. The lowest BCUT2D eigenvalue weighted by atomic mass is 9.99. The topological polar surface area (TPSA) is 72.9 Å². The van der Waals surface area contributed by atoms with Crippen molar-refractivity contribution in [3.63, 3.8) is 0 Å². The number of nitrogens with zero attached hydrogens (tertiary/aromatic N) is 1. The normalized spacial score (nSPS) is 13.7. The number of rotatable bonds is 3. The second-order valence-electron chi connectivity index (χ2n) is 8.63. The van der Waals surface area contributed by atoms with Gasteiger partial charge in [0.2, 0.25) is 0 Å². The van der Waals surface area contributed by atoms with Gasteiger partial charge in [-0.3, -0.25) is 4.90 Å². The third-order valence-electron chi connectivity index (χ3n) is 6.22. The van der Waals surface area contributed by atoms with Crippen LogP contribution in [-0.2, 0) is 13.1 Å². The molecule has 34 heavy (non-hydrogen) atoms. The fourth-order valence-corrected chi connectivity index (χ4v) is 4.50. The van der Waals surface area contributed by atoms with Crippen LogP contribution >= 0.6 is 0 Å². The van der Waals surface area contributed by atoms with E-state index in [1.807, 2.05) is 30.3 Å². The molecule has 3 heterocycles. The van der Waals surface area contributed by atoms with Gasteiger partial charge in [-0.1, -0.05) is 48.0 Å². The summed E-state index contributed by atoms with van der Waals surface area (Å²) >= 11 is 0. The Hall–Kier alpha value is -4.16. The largest absolute Gasteiger partial charge is 0.478 e. The molecule has 0 spiro atoms. The Morgan fingerprint density at radius 3 is 2.56 bits per heavy atom. The van der Waals surface area contributed by atoms with Crippen molar-refractivity contribution >= 4 is 21.9 Å². The van der Waals surface area contributed by atoms with E-state index < -0.39 is 11.3 Å². The van der Waals surface area contributed by atoms with Gasteiger partial charge < -0.3 is 13.6 Å². The molecule has 0 fully saturated rings. The van der Waals surface area contributed by atoms with E-state index in [0.29, 0.717) is 53.2 Å². The lowest BCUT2D eigenvalue weighted by Gasteiger charge is -2.29. The molecule has 0 unspecified atom stereocenters. The number of aryl methyl sites for hydroxylation is 1. The molecule has 0 bridgehead atoms. The van der Waals surface area contributed by atoms with E-state index in [9.17, 15) is 9.59 Å². The van der Waals surface area contributed by atoms with E-state index in [0.717, 1.165) is 10.9 Å². The first-order chi connectivity index (χ1) is 16.5. The molecule has 0 atom stereocenters. The van der Waals surface area contributed by atoms with Gasteiger partial charge in [0, 0.05) is 35.5 Å². The van der Waals surface area contributed by atoms with E-state index in [-0.39, 0.29) is 0 Å². The first-order valence-electron chi connectivity index (χ1n) is 11.1. The Kier molecular flexibility index (Phi) is 4.81. The molecule has 0 saturated heterocycles. The molecule has 0 saturated carbocycles. The van der Waals surface area contributed by atoms with E-state index in [1.165, 1.54) is 17.2 Å². The molecule has 6 heteroatoms. The number of fused-ring (bicyclic) bond motifs is 4. The van der Waals surface area contributed by atoms with E-state index >= 15 is 0 Å². The molecular formula is C28H21NO5. The summed E-state index contributed by atoms with van der Waals surface area (Å²) in [6, 6.07) is 22.5. The second kappa shape index (κ2) is 8.01. The Labute approximate surface area is 194 Å². The molecule has 6 rings (SSSR count). The lowest BCUT2D eigenvalue weighted by Crippen LogP contribution is -2.31. The lowest BCUT2D eigenvalue weighted by molar-refractivity contribution is 0.0890. The highest BCUT2D eigenvalue weighted by molar-refractivity contribution is 5.97. The maximum absolute atomic E-state index is 12.8. The van der Waals surface area contributed by atoms with Gasteiger partial charge in [0.25, 0.3) is 0 Å². The maximum atomic E-state index is 12.8. The Bertz CT molecular complexity index is 1660. The quantitative estimate of drug-likeness (QED) is 0.350. The van der Waals surface area contributed by atoms with Crippen LogP contribution in [0.4, 0.5) is 0 Å². The summed E-state index contributed by atoms with van der Waals surface area (Å²) < 4.78 is 17.2. The predicted molar refractivity (Wildman–Crippen MR) is 130 cm³/mol. The van der Waals surface area contributed by atoms with Crippen LogP contribution in [0.5, 0.6) is 5.75 Å². The smallest absolute Gasteiger partial charge is 0.344 e. The minimum atomic E-state index is -0.529. The first kappa shape index (κ1) is 20.4. The van der Waals surface area contributed by atoms with E-state index in [2.05, 4.69) is 36.1 Å². The van der Waals surface area contributed by atoms with Crippen molar-refractivity contribution < 1.29 is 13.6 Å². The molecule has 2 aromatic heterocycles. The highest BCUT2D eigenvalue weighted by Crippen LogP contribution is 2.36. The summed E-state index contributed by atoms with van der Waals surface area (Å²) in [6.07, 6.45) is 0. The summed E-state index contributed by atoms with van der Waals surface area (Å²) in [4.78, 5) is 27.6. The Balaban J connectivity index is 1.46. The van der Waals surface area contributed by atoms with Crippen molar-refractivity contribution in [2.75, 3.05) is 6.73 Å². The van der Waals surface area contributed by atoms with Gasteiger partial charge >= 0.3 is 11.3 Å². The molecule has 1 aliphatic heterocycles. The fraction of sp³-hybridized carbons (Fsp3) is 0.143. The van der Waals surface area contributed by atoms with Crippen LogP contribution in [0.1, 0.15) is 16.7 Å². The minimum Gasteiger partial charge on any atom is -0.478 e. The van der Waals surface area contributed by atoms with Gasteiger partial charge in [0.05, 0.1) is 11.1 Å². The number of ether oxygens (including phenoxy) is 1. The number of hydrogen-bond donors (Lipinski definition) is 0. The van der Waals surface area contributed by atoms with Crippen LogP contribution < -0.4 is 16.0 Å². The van der Waals surface area contributed by atoms with Crippen LogP contribution in [0.3, 0.4) is 0 Å². The summed E-state index contributed by atoms with van der Waals surface area (Å²) in [5.41, 5.74) is 3.90. The first-order valence-corrected chi connectivity index (χ1v) is 11.1. The van der Waals surface area contributed by atoms with Gasteiger partial charge in [0.1, 0.15) is 23.6 Å². The van der Waals surface area contributed by atoms with Gasteiger partial charge in [-0.2, -0.15) is 0 Å². The number of benzene rings is 3. The minimum absolute atomic E-state index is 0.324. The molecule has 0 amide bonds. The Morgan fingerprint density at radius 2 is 1.71 bits per heavy atom. The molecule has 5 aromatic rings. The van der Waals surface area contributed by atoms with Crippen LogP contribution in [0.15, 0.2) is 91.2 Å². The molecule has 0 N–H and O–H groups in total. The zero-order valence-corrected chi connectivity index (χ0v) is 18.5. The molecule has 6 nitrogen and oxygen atoms in total.